The fourth-order valence-electron chi connectivity index (χ4n) is 2.04. The molecular weight excluding hydrogens is 256 g/mol. The lowest BCUT2D eigenvalue weighted by molar-refractivity contribution is 0.408. The zero-order valence-electron chi connectivity index (χ0n) is 9.80. The van der Waals surface area contributed by atoms with E-state index in [1.54, 1.807) is 6.20 Å². The average Bonchev–Trinajstić information content (AvgIpc) is 2.31. The first-order chi connectivity index (χ1) is 7.84. The molecule has 0 saturated carbocycles. The highest BCUT2D eigenvalue weighted by Gasteiger charge is 2.16. The topological polar surface area (TPSA) is 42.0 Å². The first-order valence-electron chi connectivity index (χ1n) is 5.80. The quantitative estimate of drug-likeness (QED) is 0.910. The molecule has 0 radical (unpaired) electrons. The fourth-order valence-corrected chi connectivity index (χ4v) is 3.47. The standard InChI is InChI=1S/C12H18N2OS.ClH/c15-16(9-11-4-3-6-13-8-11)10-12-5-1-2-7-14-12;/h1-2,5,7,11,13H,3-4,6,8-10H2;1H. The Morgan fingerprint density at radius 3 is 3.00 bits per heavy atom. The molecular formula is C12H19ClN2OS. The molecule has 2 unspecified atom stereocenters. The van der Waals surface area contributed by atoms with E-state index in [0.29, 0.717) is 11.7 Å². The summed E-state index contributed by atoms with van der Waals surface area (Å²) in [4.78, 5) is 4.20. The molecule has 2 heterocycles. The van der Waals surface area contributed by atoms with Gasteiger partial charge >= 0.3 is 0 Å². The third-order valence-corrected chi connectivity index (χ3v) is 4.32. The second-order valence-corrected chi connectivity index (χ2v) is 5.79. The molecule has 0 aromatic carbocycles. The summed E-state index contributed by atoms with van der Waals surface area (Å²) in [7, 11) is -0.771. The minimum Gasteiger partial charge on any atom is -0.316 e. The van der Waals surface area contributed by atoms with Crippen LogP contribution < -0.4 is 5.32 Å². The maximum absolute atomic E-state index is 11.9. The van der Waals surface area contributed by atoms with Gasteiger partial charge in [-0.2, -0.15) is 0 Å². The summed E-state index contributed by atoms with van der Waals surface area (Å²) in [5.74, 6) is 1.99. The largest absolute Gasteiger partial charge is 0.316 e. The number of pyridine rings is 1. The van der Waals surface area contributed by atoms with Gasteiger partial charge in [0.25, 0.3) is 0 Å². The summed E-state index contributed by atoms with van der Waals surface area (Å²) in [6.07, 6.45) is 4.18. The SMILES string of the molecule is Cl.O=S(Cc1ccccn1)CC1CCCNC1. The van der Waals surface area contributed by atoms with Gasteiger partial charge in [-0.25, -0.2) is 0 Å². The third kappa shape index (κ3) is 5.15. The fraction of sp³-hybridized carbons (Fsp3) is 0.583. The molecule has 1 aliphatic rings. The first-order valence-corrected chi connectivity index (χ1v) is 7.29. The van der Waals surface area contributed by atoms with E-state index in [0.717, 1.165) is 24.5 Å². The zero-order valence-corrected chi connectivity index (χ0v) is 11.4. The van der Waals surface area contributed by atoms with Gasteiger partial charge in [-0.3, -0.25) is 9.19 Å². The molecule has 96 valence electrons. The summed E-state index contributed by atoms with van der Waals surface area (Å²) in [6, 6.07) is 5.77. The number of nitrogens with zero attached hydrogens (tertiary/aromatic N) is 1. The molecule has 5 heteroatoms. The molecule has 1 fully saturated rings. The van der Waals surface area contributed by atoms with Crippen LogP contribution in [0.25, 0.3) is 0 Å². The molecule has 0 spiro atoms. The summed E-state index contributed by atoms with van der Waals surface area (Å²) < 4.78 is 11.9. The van der Waals surface area contributed by atoms with Crippen molar-refractivity contribution in [3.8, 4) is 0 Å². The number of hydrogen-bond donors (Lipinski definition) is 1. The maximum Gasteiger partial charge on any atom is 0.0658 e. The predicted molar refractivity (Wildman–Crippen MR) is 73.8 cm³/mol. The molecule has 0 amide bonds. The second kappa shape index (κ2) is 7.80. The Morgan fingerprint density at radius 1 is 1.47 bits per heavy atom. The summed E-state index contributed by atoms with van der Waals surface area (Å²) in [5, 5.41) is 3.35. The van der Waals surface area contributed by atoms with Gasteiger partial charge in [0.1, 0.15) is 0 Å². The Bertz CT molecular complexity index is 342. The Morgan fingerprint density at radius 2 is 2.35 bits per heavy atom. The van der Waals surface area contributed by atoms with E-state index in [2.05, 4.69) is 10.3 Å². The van der Waals surface area contributed by atoms with Crippen molar-refractivity contribution in [1.82, 2.24) is 10.3 Å². The minimum absolute atomic E-state index is 0. The van der Waals surface area contributed by atoms with Gasteiger partial charge in [-0.15, -0.1) is 12.4 Å². The van der Waals surface area contributed by atoms with Gasteiger partial charge < -0.3 is 5.32 Å². The van der Waals surface area contributed by atoms with Crippen LogP contribution >= 0.6 is 12.4 Å². The highest BCUT2D eigenvalue weighted by molar-refractivity contribution is 7.84. The van der Waals surface area contributed by atoms with Crippen molar-refractivity contribution < 1.29 is 4.21 Å². The number of rotatable bonds is 4. The molecule has 1 N–H and O–H groups in total. The molecule has 1 saturated heterocycles. The van der Waals surface area contributed by atoms with E-state index < -0.39 is 10.8 Å². The van der Waals surface area contributed by atoms with Crippen LogP contribution in [0.5, 0.6) is 0 Å². The Kier molecular flexibility index (Phi) is 6.70. The highest BCUT2D eigenvalue weighted by atomic mass is 35.5. The lowest BCUT2D eigenvalue weighted by atomic mass is 10.0. The van der Waals surface area contributed by atoms with Crippen molar-refractivity contribution in [2.24, 2.45) is 5.92 Å². The van der Waals surface area contributed by atoms with E-state index in [4.69, 9.17) is 0 Å². The first kappa shape index (κ1) is 14.6. The Balaban J connectivity index is 0.00000144. The molecule has 0 bridgehead atoms. The highest BCUT2D eigenvalue weighted by Crippen LogP contribution is 2.12. The summed E-state index contributed by atoms with van der Waals surface area (Å²) >= 11 is 0. The van der Waals surface area contributed by atoms with Crippen LogP contribution in [0.2, 0.25) is 0 Å². The monoisotopic (exact) mass is 274 g/mol. The van der Waals surface area contributed by atoms with Gasteiger partial charge in [0.15, 0.2) is 0 Å². The smallest absolute Gasteiger partial charge is 0.0658 e. The maximum atomic E-state index is 11.9. The van der Waals surface area contributed by atoms with Gasteiger partial charge in [-0.1, -0.05) is 6.07 Å². The van der Waals surface area contributed by atoms with Crippen LogP contribution in [0.3, 0.4) is 0 Å². The summed E-state index contributed by atoms with van der Waals surface area (Å²) in [6.45, 7) is 2.14. The zero-order chi connectivity index (χ0) is 11.2. The lowest BCUT2D eigenvalue weighted by Gasteiger charge is -2.22. The molecule has 2 rings (SSSR count). The van der Waals surface area contributed by atoms with Gasteiger partial charge in [0, 0.05) is 22.7 Å². The van der Waals surface area contributed by atoms with E-state index in [1.807, 2.05) is 18.2 Å². The van der Waals surface area contributed by atoms with Gasteiger partial charge in [0.05, 0.1) is 11.4 Å². The van der Waals surface area contributed by atoms with Crippen molar-refractivity contribution in [2.75, 3.05) is 18.8 Å². The van der Waals surface area contributed by atoms with E-state index in [-0.39, 0.29) is 12.4 Å². The van der Waals surface area contributed by atoms with E-state index in [9.17, 15) is 4.21 Å². The second-order valence-electron chi connectivity index (χ2n) is 4.28. The predicted octanol–water partition coefficient (Wildman–Crippen LogP) is 1.75. The van der Waals surface area contributed by atoms with Crippen LogP contribution in [-0.2, 0) is 16.6 Å². The van der Waals surface area contributed by atoms with Crippen LogP contribution in [0.4, 0.5) is 0 Å². The van der Waals surface area contributed by atoms with Crippen molar-refractivity contribution in [1.29, 1.82) is 0 Å². The van der Waals surface area contributed by atoms with Crippen molar-refractivity contribution >= 4 is 23.2 Å². The number of hydrogen-bond acceptors (Lipinski definition) is 3. The molecule has 1 aromatic heterocycles. The van der Waals surface area contributed by atoms with Crippen LogP contribution in [0.15, 0.2) is 24.4 Å². The Labute approximate surface area is 111 Å². The normalized spacial score (nSPS) is 21.5. The minimum atomic E-state index is -0.771. The molecule has 1 aliphatic heterocycles. The van der Waals surface area contributed by atoms with Gasteiger partial charge in [-0.05, 0) is 44.0 Å². The molecule has 2 atom stereocenters. The number of halogens is 1. The number of aromatic nitrogens is 1. The van der Waals surface area contributed by atoms with Crippen LogP contribution in [0.1, 0.15) is 18.5 Å². The van der Waals surface area contributed by atoms with E-state index >= 15 is 0 Å². The average molecular weight is 275 g/mol. The van der Waals surface area contributed by atoms with Gasteiger partial charge in [0.2, 0.25) is 0 Å². The van der Waals surface area contributed by atoms with E-state index in [1.165, 1.54) is 12.8 Å². The summed E-state index contributed by atoms with van der Waals surface area (Å²) in [5.41, 5.74) is 0.935. The van der Waals surface area contributed by atoms with Crippen molar-refractivity contribution in [2.45, 2.75) is 18.6 Å². The molecule has 3 nitrogen and oxygen atoms in total. The Hall–Kier alpha value is -0.450. The van der Waals surface area contributed by atoms with Crippen molar-refractivity contribution in [3.05, 3.63) is 30.1 Å². The molecule has 17 heavy (non-hydrogen) atoms. The van der Waals surface area contributed by atoms with Crippen LogP contribution in [0, 0.1) is 5.92 Å². The number of piperidine rings is 1. The third-order valence-electron chi connectivity index (χ3n) is 2.86. The molecule has 0 aliphatic carbocycles. The van der Waals surface area contributed by atoms with Crippen molar-refractivity contribution in [3.63, 3.8) is 0 Å². The van der Waals surface area contributed by atoms with Crippen LogP contribution in [-0.4, -0.2) is 28.0 Å². The molecule has 1 aromatic rings. The lowest BCUT2D eigenvalue weighted by Crippen LogP contribution is -2.32. The number of nitrogens with one attached hydrogen (secondary N) is 1.